The maximum atomic E-state index is 12.1. The summed E-state index contributed by atoms with van der Waals surface area (Å²) in [7, 11) is -3.57. The van der Waals surface area contributed by atoms with E-state index < -0.39 is 25.3 Å². The molecule has 0 bridgehead atoms. The van der Waals surface area contributed by atoms with Gasteiger partial charge in [-0.15, -0.1) is 0 Å². The minimum Gasteiger partial charge on any atom is -0.465 e. The average molecular weight is 236 g/mol. The molecule has 15 heavy (non-hydrogen) atoms. The van der Waals surface area contributed by atoms with Gasteiger partial charge in [0.1, 0.15) is 0 Å². The van der Waals surface area contributed by atoms with E-state index in [-0.39, 0.29) is 6.61 Å². The van der Waals surface area contributed by atoms with Gasteiger partial charge in [-0.1, -0.05) is 0 Å². The second-order valence-corrected chi connectivity index (χ2v) is 8.10. The van der Waals surface area contributed by atoms with E-state index in [9.17, 15) is 13.2 Å². The van der Waals surface area contributed by atoms with Gasteiger partial charge in [0.15, 0.2) is 14.6 Å². The molecular formula is C10H20O4S. The fraction of sp³-hybridized carbons (Fsp3) is 0.900. The highest BCUT2D eigenvalue weighted by molar-refractivity contribution is 7.94. The highest BCUT2D eigenvalue weighted by Crippen LogP contribution is 2.29. The number of hydrogen-bond donors (Lipinski definition) is 0. The van der Waals surface area contributed by atoms with E-state index in [1.54, 1.807) is 27.7 Å². The van der Waals surface area contributed by atoms with E-state index in [4.69, 9.17) is 4.74 Å². The van der Waals surface area contributed by atoms with Crippen molar-refractivity contribution in [2.45, 2.75) is 51.0 Å². The Hall–Kier alpha value is -0.580. The fourth-order valence-corrected chi connectivity index (χ4v) is 2.99. The quantitative estimate of drug-likeness (QED) is 0.697. The van der Waals surface area contributed by atoms with E-state index in [0.717, 1.165) is 0 Å². The molecule has 0 heterocycles. The highest BCUT2D eigenvalue weighted by atomic mass is 32.2. The maximum Gasteiger partial charge on any atom is 0.326 e. The zero-order valence-electron chi connectivity index (χ0n) is 10.2. The molecule has 0 fully saturated rings. The molecule has 0 spiro atoms. The largest absolute Gasteiger partial charge is 0.465 e. The van der Waals surface area contributed by atoms with Gasteiger partial charge < -0.3 is 4.74 Å². The third-order valence-electron chi connectivity index (χ3n) is 2.25. The first-order valence-corrected chi connectivity index (χ1v) is 6.38. The van der Waals surface area contributed by atoms with E-state index in [0.29, 0.717) is 0 Å². The van der Waals surface area contributed by atoms with E-state index in [1.165, 1.54) is 13.8 Å². The van der Waals surface area contributed by atoms with Gasteiger partial charge in [-0.25, -0.2) is 8.42 Å². The highest BCUT2D eigenvalue weighted by Gasteiger charge is 2.49. The number of esters is 1. The summed E-state index contributed by atoms with van der Waals surface area (Å²) >= 11 is 0. The Morgan fingerprint density at radius 1 is 1.13 bits per heavy atom. The van der Waals surface area contributed by atoms with Crippen LogP contribution in [0.1, 0.15) is 41.5 Å². The lowest BCUT2D eigenvalue weighted by molar-refractivity contribution is -0.145. The van der Waals surface area contributed by atoms with Crippen molar-refractivity contribution in [2.75, 3.05) is 6.61 Å². The van der Waals surface area contributed by atoms with Gasteiger partial charge in [0.2, 0.25) is 0 Å². The number of ether oxygens (including phenoxy) is 1. The van der Waals surface area contributed by atoms with Crippen LogP contribution in [0.15, 0.2) is 0 Å². The smallest absolute Gasteiger partial charge is 0.326 e. The van der Waals surface area contributed by atoms with Crippen molar-refractivity contribution in [1.29, 1.82) is 0 Å². The molecule has 90 valence electrons. The van der Waals surface area contributed by atoms with Crippen LogP contribution in [-0.2, 0) is 19.4 Å². The summed E-state index contributed by atoms with van der Waals surface area (Å²) in [6, 6.07) is 0. The number of sulfone groups is 1. The van der Waals surface area contributed by atoms with Crippen molar-refractivity contribution in [3.05, 3.63) is 0 Å². The molecule has 0 unspecified atom stereocenters. The first kappa shape index (κ1) is 14.4. The third kappa shape index (κ3) is 2.51. The summed E-state index contributed by atoms with van der Waals surface area (Å²) < 4.78 is 26.5. The molecule has 0 rings (SSSR count). The first-order valence-electron chi connectivity index (χ1n) is 4.90. The average Bonchev–Trinajstić information content (AvgIpc) is 2.02. The summed E-state index contributed by atoms with van der Waals surface area (Å²) in [5, 5.41) is 0. The molecule has 0 aromatic carbocycles. The predicted molar refractivity (Wildman–Crippen MR) is 59.4 cm³/mol. The topological polar surface area (TPSA) is 60.4 Å². The summed E-state index contributed by atoms with van der Waals surface area (Å²) in [6.07, 6.45) is 0. The Kier molecular flexibility index (Phi) is 3.96. The van der Waals surface area contributed by atoms with Crippen LogP contribution in [0.3, 0.4) is 0 Å². The molecule has 4 nitrogen and oxygen atoms in total. The molecule has 0 aliphatic carbocycles. The maximum absolute atomic E-state index is 12.1. The normalized spacial score (nSPS) is 13.7. The molecule has 0 aliphatic heterocycles. The van der Waals surface area contributed by atoms with Crippen LogP contribution >= 0.6 is 0 Å². The summed E-state index contributed by atoms with van der Waals surface area (Å²) in [5.74, 6) is -0.695. The Bertz CT molecular complexity index is 333. The molecule has 0 amide bonds. The second kappa shape index (κ2) is 4.12. The SMILES string of the molecule is CCOC(=O)C(C)(C)S(=O)(=O)C(C)(C)C. The zero-order valence-corrected chi connectivity index (χ0v) is 11.1. The van der Waals surface area contributed by atoms with Gasteiger partial charge >= 0.3 is 5.97 Å². The summed E-state index contributed by atoms with van der Waals surface area (Å²) in [5.41, 5.74) is 0. The van der Waals surface area contributed by atoms with Crippen LogP contribution in [0.5, 0.6) is 0 Å². The second-order valence-electron chi connectivity index (χ2n) is 4.85. The van der Waals surface area contributed by atoms with Gasteiger partial charge in [-0.3, -0.25) is 4.79 Å². The molecule has 0 radical (unpaired) electrons. The lowest BCUT2D eigenvalue weighted by Crippen LogP contribution is -2.49. The molecule has 0 aromatic rings. The van der Waals surface area contributed by atoms with Crippen molar-refractivity contribution in [3.8, 4) is 0 Å². The van der Waals surface area contributed by atoms with Crippen LogP contribution in [0, 0.1) is 0 Å². The lowest BCUT2D eigenvalue weighted by atomic mass is 10.2. The van der Waals surface area contributed by atoms with Gasteiger partial charge in [0.25, 0.3) is 0 Å². The van der Waals surface area contributed by atoms with E-state index in [1.807, 2.05) is 0 Å². The molecule has 0 saturated heterocycles. The Labute approximate surface area is 91.9 Å². The molecule has 0 aliphatic rings. The van der Waals surface area contributed by atoms with Crippen LogP contribution in [-0.4, -0.2) is 30.5 Å². The molecule has 0 saturated carbocycles. The Morgan fingerprint density at radius 3 is 1.80 bits per heavy atom. The molecule has 5 heteroatoms. The Balaban J connectivity index is 5.31. The van der Waals surface area contributed by atoms with Crippen molar-refractivity contribution in [3.63, 3.8) is 0 Å². The minimum absolute atomic E-state index is 0.182. The third-order valence-corrected chi connectivity index (χ3v) is 5.37. The number of hydrogen-bond acceptors (Lipinski definition) is 4. The number of carbonyl (C=O) groups excluding carboxylic acids is 1. The van der Waals surface area contributed by atoms with Crippen molar-refractivity contribution < 1.29 is 17.9 Å². The standard InChI is InChI=1S/C10H20O4S/c1-7-14-8(11)10(5,6)15(12,13)9(2,3)4/h7H2,1-6H3. The van der Waals surface area contributed by atoms with Crippen molar-refractivity contribution in [2.24, 2.45) is 0 Å². The number of rotatable bonds is 3. The van der Waals surface area contributed by atoms with Gasteiger partial charge in [0, 0.05) is 0 Å². The van der Waals surface area contributed by atoms with Gasteiger partial charge in [-0.05, 0) is 41.5 Å². The summed E-state index contributed by atoms with van der Waals surface area (Å²) in [4.78, 5) is 11.6. The Morgan fingerprint density at radius 2 is 1.53 bits per heavy atom. The van der Waals surface area contributed by atoms with E-state index in [2.05, 4.69) is 0 Å². The molecule has 0 aromatic heterocycles. The van der Waals surface area contributed by atoms with Gasteiger partial charge in [-0.2, -0.15) is 0 Å². The molecule has 0 N–H and O–H groups in total. The van der Waals surface area contributed by atoms with Crippen LogP contribution in [0.25, 0.3) is 0 Å². The zero-order chi connectivity index (χ0) is 12.5. The van der Waals surface area contributed by atoms with E-state index >= 15 is 0 Å². The van der Waals surface area contributed by atoms with Crippen LogP contribution in [0.4, 0.5) is 0 Å². The monoisotopic (exact) mass is 236 g/mol. The van der Waals surface area contributed by atoms with Crippen molar-refractivity contribution >= 4 is 15.8 Å². The first-order chi connectivity index (χ1) is 6.48. The van der Waals surface area contributed by atoms with Gasteiger partial charge in [0.05, 0.1) is 11.4 Å². The van der Waals surface area contributed by atoms with Crippen molar-refractivity contribution in [1.82, 2.24) is 0 Å². The van der Waals surface area contributed by atoms with Crippen LogP contribution in [0.2, 0.25) is 0 Å². The number of carbonyl (C=O) groups is 1. The minimum atomic E-state index is -3.57. The predicted octanol–water partition coefficient (Wildman–Crippen LogP) is 1.54. The lowest BCUT2D eigenvalue weighted by Gasteiger charge is -2.30. The molecular weight excluding hydrogens is 216 g/mol. The van der Waals surface area contributed by atoms with Crippen LogP contribution < -0.4 is 0 Å². The molecule has 0 atom stereocenters. The summed E-state index contributed by atoms with van der Waals surface area (Å²) in [6.45, 7) is 9.31. The fourth-order valence-electron chi connectivity index (χ4n) is 1.18.